The van der Waals surface area contributed by atoms with Crippen LogP contribution in [-0.2, 0) is 4.79 Å². The molecule has 2 saturated heterocycles. The van der Waals surface area contributed by atoms with Crippen molar-refractivity contribution in [2.45, 2.75) is 43.8 Å². The molecule has 0 N–H and O–H groups in total. The fourth-order valence-electron chi connectivity index (χ4n) is 7.49. The lowest BCUT2D eigenvalue weighted by Gasteiger charge is -2.52. The highest BCUT2D eigenvalue weighted by atomic mass is 35.5. The van der Waals surface area contributed by atoms with E-state index in [1.807, 2.05) is 74.2 Å². The first-order valence-electron chi connectivity index (χ1n) is 17.1. The van der Waals surface area contributed by atoms with Crippen LogP contribution in [0.2, 0.25) is 10.0 Å². The number of hydrogen-bond acceptors (Lipinski definition) is 8. The molecule has 2 atom stereocenters. The Kier molecular flexibility index (Phi) is 9.39. The minimum absolute atomic E-state index is 0.0900. The lowest BCUT2D eigenvalue weighted by Crippen LogP contribution is -2.67. The van der Waals surface area contributed by atoms with Gasteiger partial charge in [0.25, 0.3) is 0 Å². The van der Waals surface area contributed by atoms with Crippen LogP contribution in [0.3, 0.4) is 0 Å². The number of benzene rings is 3. The van der Waals surface area contributed by atoms with Gasteiger partial charge in [-0.1, -0.05) is 64.8 Å². The molecule has 0 bridgehead atoms. The van der Waals surface area contributed by atoms with Gasteiger partial charge in [0.05, 0.1) is 29.1 Å². The zero-order valence-electron chi connectivity index (χ0n) is 29.4. The van der Waals surface area contributed by atoms with E-state index in [1.54, 1.807) is 23.1 Å². The Morgan fingerprint density at radius 1 is 1.12 bits per heavy atom. The SMILES string of the molecule is CN(C)C/C=C/C(=O)N1CCC(n2nnc3c(N4CC(C)(N(C)C)C4)nc4c(F)c(-c5cccc6cccc(Cl)c56)c(Cl)cc4c32)C[C@H]1CC#N. The van der Waals surface area contributed by atoms with Gasteiger partial charge in [-0.25, -0.2) is 14.1 Å². The molecule has 1 unspecified atom stereocenters. The molecule has 10 nitrogen and oxygen atoms in total. The molecule has 0 saturated carbocycles. The van der Waals surface area contributed by atoms with E-state index in [0.717, 1.165) is 5.39 Å². The lowest BCUT2D eigenvalue weighted by molar-refractivity contribution is -0.130. The zero-order valence-corrected chi connectivity index (χ0v) is 30.9. The number of amides is 1. The second kappa shape index (κ2) is 13.7. The van der Waals surface area contributed by atoms with Gasteiger partial charge in [0.15, 0.2) is 17.2 Å². The normalized spacial score (nSPS) is 19.2. The maximum atomic E-state index is 17.2. The first-order valence-corrected chi connectivity index (χ1v) is 17.8. The number of hydrogen-bond donors (Lipinski definition) is 0. The summed E-state index contributed by atoms with van der Waals surface area (Å²) in [6.07, 6.45) is 4.67. The fraction of sp³-hybridized carbons (Fsp3) is 0.395. The Balaban J connectivity index is 1.37. The zero-order chi connectivity index (χ0) is 36.2. The van der Waals surface area contributed by atoms with E-state index in [9.17, 15) is 10.1 Å². The van der Waals surface area contributed by atoms with E-state index >= 15 is 4.39 Å². The van der Waals surface area contributed by atoms with Crippen LogP contribution in [-0.4, -0.2) is 107 Å². The molecule has 0 aliphatic carbocycles. The Morgan fingerprint density at radius 2 is 1.86 bits per heavy atom. The largest absolute Gasteiger partial charge is 0.351 e. The second-order valence-corrected chi connectivity index (χ2v) is 15.2. The van der Waals surface area contributed by atoms with E-state index in [0.29, 0.717) is 77.2 Å². The van der Waals surface area contributed by atoms with Gasteiger partial charge in [0.2, 0.25) is 5.91 Å². The molecule has 5 aromatic rings. The Labute approximate surface area is 306 Å². The van der Waals surface area contributed by atoms with Crippen LogP contribution in [0.25, 0.3) is 43.8 Å². The molecule has 2 aliphatic rings. The number of halogens is 3. The molecule has 7 rings (SSSR count). The third-order valence-corrected chi connectivity index (χ3v) is 11.1. The van der Waals surface area contributed by atoms with Crippen molar-refractivity contribution in [1.29, 1.82) is 5.26 Å². The topological polar surface area (TPSA) is 97.4 Å². The van der Waals surface area contributed by atoms with E-state index in [1.165, 1.54) is 0 Å². The van der Waals surface area contributed by atoms with Gasteiger partial charge in [-0.15, -0.1) is 5.10 Å². The van der Waals surface area contributed by atoms with Gasteiger partial charge in [-0.05, 0) is 71.0 Å². The predicted molar refractivity (Wildman–Crippen MR) is 202 cm³/mol. The number of rotatable bonds is 8. The van der Waals surface area contributed by atoms with Crippen LogP contribution in [0.4, 0.5) is 10.2 Å². The number of likely N-dealkylation sites (tertiary alicyclic amines) is 1. The molecule has 4 heterocycles. The standard InChI is InChI=1S/C38H40Cl2FN9O/c1-38(47(4)5)21-48(22-38)37-35-36(50(45-44-35)25-15-18-49(24(19-25)14-16-42)30(51)13-8-17-46(2)3)27-20-29(40)32(33(41)34(27)43-37)26-11-6-9-23-10-7-12-28(39)31(23)26/h6-13,20,24-25H,14-15,17-19,21-22H2,1-5H3/b13-8+/t24-,25?/m1/s1. The van der Waals surface area contributed by atoms with Crippen molar-refractivity contribution in [1.82, 2.24) is 34.7 Å². The number of piperidine rings is 1. The molecular weight excluding hydrogens is 688 g/mol. The molecule has 2 aliphatic heterocycles. The molecule has 1 amide bonds. The summed E-state index contributed by atoms with van der Waals surface area (Å²) in [5, 5.41) is 21.9. The maximum Gasteiger partial charge on any atom is 0.246 e. The highest BCUT2D eigenvalue weighted by molar-refractivity contribution is 6.38. The number of pyridine rings is 1. The third-order valence-electron chi connectivity index (χ3n) is 10.5. The van der Waals surface area contributed by atoms with E-state index in [2.05, 4.69) is 33.1 Å². The number of carbonyl (C=O) groups is 1. The summed E-state index contributed by atoms with van der Waals surface area (Å²) in [5.41, 5.74) is 2.06. The number of likely N-dealkylation sites (N-methyl/N-ethyl adjacent to an activating group) is 2. The molecular formula is C38H40Cl2FN9O. The van der Waals surface area contributed by atoms with Gasteiger partial charge < -0.3 is 19.6 Å². The Bertz CT molecular complexity index is 2230. The minimum atomic E-state index is -0.552. The first kappa shape index (κ1) is 35.1. The van der Waals surface area contributed by atoms with E-state index in [-0.39, 0.29) is 46.1 Å². The summed E-state index contributed by atoms with van der Waals surface area (Å²) >= 11 is 13.7. The number of fused-ring (bicyclic) bond motifs is 4. The smallest absolute Gasteiger partial charge is 0.246 e. The first-order chi connectivity index (χ1) is 24.4. The summed E-state index contributed by atoms with van der Waals surface area (Å²) in [7, 11) is 7.97. The van der Waals surface area contributed by atoms with Crippen molar-refractivity contribution >= 4 is 67.6 Å². The summed E-state index contributed by atoms with van der Waals surface area (Å²) in [5.74, 6) is -0.116. The average molecular weight is 729 g/mol. The molecule has 0 spiro atoms. The molecule has 13 heteroatoms. The van der Waals surface area contributed by atoms with Crippen molar-refractivity contribution in [3.8, 4) is 17.2 Å². The third kappa shape index (κ3) is 6.18. The molecule has 3 aromatic carbocycles. The van der Waals surface area contributed by atoms with Crippen LogP contribution < -0.4 is 4.90 Å². The monoisotopic (exact) mass is 727 g/mol. The fourth-order valence-corrected chi connectivity index (χ4v) is 8.07. The minimum Gasteiger partial charge on any atom is -0.351 e. The Morgan fingerprint density at radius 3 is 2.57 bits per heavy atom. The van der Waals surface area contributed by atoms with Gasteiger partial charge in [-0.2, -0.15) is 5.26 Å². The number of carbonyl (C=O) groups excluding carboxylic acids is 1. The van der Waals surface area contributed by atoms with E-state index in [4.69, 9.17) is 28.2 Å². The lowest BCUT2D eigenvalue weighted by atomic mass is 9.90. The van der Waals surface area contributed by atoms with Gasteiger partial charge in [-0.3, -0.25) is 4.79 Å². The number of nitriles is 1. The predicted octanol–water partition coefficient (Wildman–Crippen LogP) is 6.95. The van der Waals surface area contributed by atoms with Crippen LogP contribution in [0.15, 0.2) is 54.6 Å². The summed E-state index contributed by atoms with van der Waals surface area (Å²) < 4.78 is 19.1. The average Bonchev–Trinajstić information content (AvgIpc) is 3.52. The summed E-state index contributed by atoms with van der Waals surface area (Å²) in [4.78, 5) is 26.2. The number of anilines is 1. The van der Waals surface area contributed by atoms with Crippen molar-refractivity contribution < 1.29 is 9.18 Å². The van der Waals surface area contributed by atoms with Gasteiger partial charge in [0.1, 0.15) is 11.0 Å². The second-order valence-electron chi connectivity index (χ2n) is 14.4. The van der Waals surface area contributed by atoms with E-state index < -0.39 is 5.82 Å². The highest BCUT2D eigenvalue weighted by Crippen LogP contribution is 2.45. The quantitative estimate of drug-likeness (QED) is 0.159. The molecule has 0 radical (unpaired) electrons. The van der Waals surface area contributed by atoms with Crippen molar-refractivity contribution in [3.05, 3.63) is 70.5 Å². The van der Waals surface area contributed by atoms with Crippen LogP contribution in [0.5, 0.6) is 0 Å². The maximum absolute atomic E-state index is 17.2. The van der Waals surface area contributed by atoms with Crippen LogP contribution in [0.1, 0.15) is 32.2 Å². The van der Waals surface area contributed by atoms with Crippen LogP contribution >= 0.6 is 23.2 Å². The Hall–Kier alpha value is -4.34. The van der Waals surface area contributed by atoms with Crippen molar-refractivity contribution in [3.63, 3.8) is 0 Å². The molecule has 2 aromatic heterocycles. The number of nitrogens with zero attached hydrogens (tertiary/aromatic N) is 9. The summed E-state index contributed by atoms with van der Waals surface area (Å²) in [6, 6.07) is 14.7. The van der Waals surface area contributed by atoms with Crippen LogP contribution in [0, 0.1) is 17.1 Å². The van der Waals surface area contributed by atoms with Gasteiger partial charge >= 0.3 is 0 Å². The van der Waals surface area contributed by atoms with Crippen molar-refractivity contribution in [2.75, 3.05) is 59.3 Å². The highest BCUT2D eigenvalue weighted by Gasteiger charge is 2.43. The molecule has 2 fully saturated rings. The number of aromatic nitrogens is 4. The summed E-state index contributed by atoms with van der Waals surface area (Å²) in [6.45, 7) is 4.61. The molecule has 51 heavy (non-hydrogen) atoms. The molecule has 264 valence electrons. The van der Waals surface area contributed by atoms with Crippen molar-refractivity contribution in [2.24, 2.45) is 0 Å². The van der Waals surface area contributed by atoms with Gasteiger partial charge in [0, 0.05) is 59.7 Å².